The van der Waals surface area contributed by atoms with E-state index in [2.05, 4.69) is 37.6 Å². The van der Waals surface area contributed by atoms with Gasteiger partial charge in [0.1, 0.15) is 11.5 Å². The summed E-state index contributed by atoms with van der Waals surface area (Å²) in [6.07, 6.45) is 6.04. The molecule has 29 heavy (non-hydrogen) atoms. The molecule has 0 saturated carbocycles. The first-order valence-electron chi connectivity index (χ1n) is 10.9. The molecule has 0 atom stereocenters. The van der Waals surface area contributed by atoms with Crippen LogP contribution in [0.3, 0.4) is 0 Å². The maximum absolute atomic E-state index is 5.41. The number of piperidine rings is 1. The Labute approximate surface area is 175 Å². The molecule has 0 aliphatic carbocycles. The molecule has 0 bridgehead atoms. The monoisotopic (exact) mass is 403 g/mol. The number of methoxy groups -OCH3 is 2. The molecule has 0 spiro atoms. The van der Waals surface area contributed by atoms with Crippen LogP contribution in [0, 0.1) is 0 Å². The molecule has 1 aromatic rings. The zero-order valence-corrected chi connectivity index (χ0v) is 18.2. The van der Waals surface area contributed by atoms with Crippen LogP contribution < -0.4 is 25.0 Å². The molecule has 162 valence electrons. The number of ether oxygens (including phenoxy) is 2. The highest BCUT2D eigenvalue weighted by Crippen LogP contribution is 2.30. The molecule has 0 aromatic heterocycles. The molecule has 2 aliphatic heterocycles. The standard InChI is InChI=1S/C22H37N5O2/c1-23-22(24-9-6-12-26-10-4-5-11-26)25-18-7-13-27(14-8-18)19-15-20(28-2)17-21(16-19)29-3/h15-18H,4-14H2,1-3H3,(H2,23,24,25). The van der Waals surface area contributed by atoms with E-state index in [0.29, 0.717) is 6.04 Å². The fourth-order valence-corrected chi connectivity index (χ4v) is 4.16. The fraction of sp³-hybridized carbons (Fsp3) is 0.682. The summed E-state index contributed by atoms with van der Waals surface area (Å²) < 4.78 is 10.8. The van der Waals surface area contributed by atoms with E-state index in [1.807, 2.05) is 13.1 Å². The third kappa shape index (κ3) is 6.42. The molecule has 2 saturated heterocycles. The molecular weight excluding hydrogens is 366 g/mol. The summed E-state index contributed by atoms with van der Waals surface area (Å²) in [6, 6.07) is 6.52. The summed E-state index contributed by atoms with van der Waals surface area (Å²) in [4.78, 5) is 9.36. The topological polar surface area (TPSA) is 61.4 Å². The van der Waals surface area contributed by atoms with Crippen LogP contribution in [-0.2, 0) is 0 Å². The molecule has 0 radical (unpaired) electrons. The van der Waals surface area contributed by atoms with Crippen LogP contribution in [-0.4, -0.2) is 77.4 Å². The number of benzene rings is 1. The number of nitrogens with zero attached hydrogens (tertiary/aromatic N) is 3. The van der Waals surface area contributed by atoms with Crippen molar-refractivity contribution in [3.63, 3.8) is 0 Å². The van der Waals surface area contributed by atoms with E-state index in [1.165, 1.54) is 32.5 Å². The molecule has 0 unspecified atom stereocenters. The normalized spacial score (nSPS) is 18.7. The number of likely N-dealkylation sites (tertiary alicyclic amines) is 1. The molecule has 2 N–H and O–H groups in total. The van der Waals surface area contributed by atoms with E-state index in [-0.39, 0.29) is 0 Å². The van der Waals surface area contributed by atoms with Crippen molar-refractivity contribution in [2.75, 3.05) is 65.4 Å². The third-order valence-corrected chi connectivity index (χ3v) is 5.90. The van der Waals surface area contributed by atoms with Crippen LogP contribution in [0.25, 0.3) is 0 Å². The Morgan fingerprint density at radius 1 is 1.03 bits per heavy atom. The van der Waals surface area contributed by atoms with Crippen molar-refractivity contribution in [2.24, 2.45) is 4.99 Å². The fourth-order valence-electron chi connectivity index (χ4n) is 4.16. The van der Waals surface area contributed by atoms with Crippen LogP contribution in [0.15, 0.2) is 23.2 Å². The van der Waals surface area contributed by atoms with Gasteiger partial charge in [0.25, 0.3) is 0 Å². The number of hydrogen-bond donors (Lipinski definition) is 2. The maximum Gasteiger partial charge on any atom is 0.191 e. The van der Waals surface area contributed by atoms with E-state index in [4.69, 9.17) is 9.47 Å². The lowest BCUT2D eigenvalue weighted by molar-refractivity contribution is 0.333. The van der Waals surface area contributed by atoms with E-state index in [0.717, 1.165) is 62.0 Å². The quantitative estimate of drug-likeness (QED) is 0.395. The zero-order chi connectivity index (χ0) is 20.5. The predicted molar refractivity (Wildman–Crippen MR) is 120 cm³/mol. The number of hydrogen-bond acceptors (Lipinski definition) is 5. The molecule has 2 fully saturated rings. The Hall–Kier alpha value is -2.15. The number of guanidine groups is 1. The van der Waals surface area contributed by atoms with E-state index >= 15 is 0 Å². The highest BCUT2D eigenvalue weighted by atomic mass is 16.5. The zero-order valence-electron chi connectivity index (χ0n) is 18.2. The smallest absolute Gasteiger partial charge is 0.191 e. The van der Waals surface area contributed by atoms with Gasteiger partial charge in [-0.25, -0.2) is 0 Å². The van der Waals surface area contributed by atoms with Crippen molar-refractivity contribution in [3.8, 4) is 11.5 Å². The summed E-state index contributed by atoms with van der Waals surface area (Å²) in [5.74, 6) is 2.59. The van der Waals surface area contributed by atoms with Gasteiger partial charge < -0.3 is 29.9 Å². The lowest BCUT2D eigenvalue weighted by Gasteiger charge is -2.34. The Morgan fingerprint density at radius 2 is 1.69 bits per heavy atom. The van der Waals surface area contributed by atoms with Gasteiger partial charge in [-0.1, -0.05) is 0 Å². The summed E-state index contributed by atoms with van der Waals surface area (Å²) in [5.41, 5.74) is 1.16. The second-order valence-corrected chi connectivity index (χ2v) is 7.88. The van der Waals surface area contributed by atoms with Gasteiger partial charge in [-0.3, -0.25) is 4.99 Å². The summed E-state index contributed by atoms with van der Waals surface area (Å²) >= 11 is 0. The predicted octanol–water partition coefficient (Wildman–Crippen LogP) is 2.32. The van der Waals surface area contributed by atoms with Crippen LogP contribution in [0.4, 0.5) is 5.69 Å². The number of aliphatic imine (C=N–C) groups is 1. The van der Waals surface area contributed by atoms with E-state index < -0.39 is 0 Å². The number of anilines is 1. The first kappa shape index (κ1) is 21.6. The van der Waals surface area contributed by atoms with Gasteiger partial charge in [-0.05, 0) is 51.7 Å². The maximum atomic E-state index is 5.41. The lowest BCUT2D eigenvalue weighted by atomic mass is 10.0. The Balaban J connectivity index is 1.41. The largest absolute Gasteiger partial charge is 0.497 e. The van der Waals surface area contributed by atoms with Gasteiger partial charge in [0.05, 0.1) is 14.2 Å². The molecule has 2 heterocycles. The molecule has 3 rings (SSSR count). The molecule has 0 amide bonds. The Morgan fingerprint density at radius 3 is 2.28 bits per heavy atom. The van der Waals surface area contributed by atoms with Gasteiger partial charge in [-0.15, -0.1) is 0 Å². The van der Waals surface area contributed by atoms with Crippen molar-refractivity contribution in [1.82, 2.24) is 15.5 Å². The second-order valence-electron chi connectivity index (χ2n) is 7.88. The van der Waals surface area contributed by atoms with E-state index in [9.17, 15) is 0 Å². The Bertz CT molecular complexity index is 630. The average molecular weight is 404 g/mol. The van der Waals surface area contributed by atoms with Crippen molar-refractivity contribution in [3.05, 3.63) is 18.2 Å². The van der Waals surface area contributed by atoms with Crippen molar-refractivity contribution >= 4 is 11.6 Å². The minimum absolute atomic E-state index is 0.448. The van der Waals surface area contributed by atoms with Crippen molar-refractivity contribution < 1.29 is 9.47 Å². The molecular formula is C22H37N5O2. The van der Waals surface area contributed by atoms with Crippen molar-refractivity contribution in [1.29, 1.82) is 0 Å². The van der Waals surface area contributed by atoms with Gasteiger partial charge in [0.15, 0.2) is 5.96 Å². The summed E-state index contributed by atoms with van der Waals surface area (Å²) in [6.45, 7) is 6.69. The van der Waals surface area contributed by atoms with E-state index in [1.54, 1.807) is 14.2 Å². The molecule has 1 aromatic carbocycles. The first-order valence-corrected chi connectivity index (χ1v) is 10.9. The molecule has 7 heteroatoms. The lowest BCUT2D eigenvalue weighted by Crippen LogP contribution is -2.49. The minimum Gasteiger partial charge on any atom is -0.497 e. The van der Waals surface area contributed by atoms with Crippen LogP contribution in [0.1, 0.15) is 32.1 Å². The van der Waals surface area contributed by atoms with Crippen LogP contribution >= 0.6 is 0 Å². The number of nitrogens with one attached hydrogen (secondary N) is 2. The Kier molecular flexibility index (Phi) is 8.28. The second kappa shape index (κ2) is 11.1. The molecule has 2 aliphatic rings. The first-order chi connectivity index (χ1) is 14.2. The summed E-state index contributed by atoms with van der Waals surface area (Å²) in [7, 11) is 5.24. The van der Waals surface area contributed by atoms with Gasteiger partial charge in [0, 0.05) is 56.6 Å². The highest BCUT2D eigenvalue weighted by Gasteiger charge is 2.21. The van der Waals surface area contributed by atoms with Crippen LogP contribution in [0.2, 0.25) is 0 Å². The highest BCUT2D eigenvalue weighted by molar-refractivity contribution is 5.80. The summed E-state index contributed by atoms with van der Waals surface area (Å²) in [5, 5.41) is 7.08. The van der Waals surface area contributed by atoms with Gasteiger partial charge in [-0.2, -0.15) is 0 Å². The van der Waals surface area contributed by atoms with Gasteiger partial charge in [0.2, 0.25) is 0 Å². The number of rotatable bonds is 8. The molecule has 7 nitrogen and oxygen atoms in total. The minimum atomic E-state index is 0.448. The average Bonchev–Trinajstić information content (AvgIpc) is 3.29. The van der Waals surface area contributed by atoms with Crippen molar-refractivity contribution in [2.45, 2.75) is 38.1 Å². The van der Waals surface area contributed by atoms with Crippen LogP contribution in [0.5, 0.6) is 11.5 Å². The van der Waals surface area contributed by atoms with Gasteiger partial charge >= 0.3 is 0 Å². The third-order valence-electron chi connectivity index (χ3n) is 5.90. The SMILES string of the molecule is CN=C(NCCCN1CCCC1)NC1CCN(c2cc(OC)cc(OC)c2)CC1.